The monoisotopic (exact) mass is 330 g/mol. The van der Waals surface area contributed by atoms with Crippen LogP contribution in [0.5, 0.6) is 0 Å². The molecule has 2 aromatic rings. The number of hydrogen-bond acceptors (Lipinski definition) is 5. The second-order valence-electron chi connectivity index (χ2n) is 5.80. The average molecular weight is 330 g/mol. The van der Waals surface area contributed by atoms with Gasteiger partial charge >= 0.3 is 0 Å². The molecule has 0 spiro atoms. The first-order chi connectivity index (χ1) is 11.0. The molecule has 6 nitrogen and oxygen atoms in total. The molecule has 1 aromatic carbocycles. The molecule has 1 amide bonds. The fourth-order valence-corrected chi connectivity index (χ4v) is 3.49. The molecule has 0 saturated heterocycles. The summed E-state index contributed by atoms with van der Waals surface area (Å²) >= 11 is 1.38. The second kappa shape index (κ2) is 6.16. The van der Waals surface area contributed by atoms with Gasteiger partial charge in [-0.15, -0.1) is 10.2 Å². The van der Waals surface area contributed by atoms with Gasteiger partial charge in [0.25, 0.3) is 0 Å². The topological polar surface area (TPSA) is 68.1 Å². The van der Waals surface area contributed by atoms with E-state index in [1.165, 1.54) is 11.8 Å². The van der Waals surface area contributed by atoms with Crippen molar-refractivity contribution in [3.05, 3.63) is 35.7 Å². The van der Waals surface area contributed by atoms with Crippen LogP contribution in [-0.2, 0) is 11.2 Å². The summed E-state index contributed by atoms with van der Waals surface area (Å²) in [6.07, 6.45) is 2.04. The van der Waals surface area contributed by atoms with E-state index in [1.54, 1.807) is 24.3 Å². The fourth-order valence-electron chi connectivity index (χ4n) is 2.55. The number of Topliss-reactive ketones (excluding diaryl/α,β-unsaturated/α-hetero) is 1. The van der Waals surface area contributed by atoms with Crippen molar-refractivity contribution in [2.75, 3.05) is 17.7 Å². The molecule has 3 rings (SSSR count). The summed E-state index contributed by atoms with van der Waals surface area (Å²) in [5, 5.41) is 8.69. The van der Waals surface area contributed by atoms with E-state index in [0.717, 1.165) is 16.4 Å². The SMILES string of the molecule is CC(C)n1cnnc1SCC(=O)c1ccc2c(c1)CC(=O)N2C. The highest BCUT2D eigenvalue weighted by Crippen LogP contribution is 2.29. The lowest BCUT2D eigenvalue weighted by Gasteiger charge is -2.11. The van der Waals surface area contributed by atoms with Crippen LogP contribution in [0.2, 0.25) is 0 Å². The van der Waals surface area contributed by atoms with Crippen molar-refractivity contribution in [2.24, 2.45) is 0 Å². The molecule has 0 saturated carbocycles. The van der Waals surface area contributed by atoms with E-state index in [2.05, 4.69) is 10.2 Å². The van der Waals surface area contributed by atoms with Crippen LogP contribution in [0.25, 0.3) is 0 Å². The Morgan fingerprint density at radius 2 is 2.17 bits per heavy atom. The summed E-state index contributed by atoms with van der Waals surface area (Å²) in [5.74, 6) is 0.385. The van der Waals surface area contributed by atoms with Crippen LogP contribution in [0.4, 0.5) is 5.69 Å². The molecule has 1 aliphatic heterocycles. The molecule has 1 aliphatic rings. The number of amides is 1. The van der Waals surface area contributed by atoms with Crippen LogP contribution >= 0.6 is 11.8 Å². The van der Waals surface area contributed by atoms with E-state index in [0.29, 0.717) is 17.7 Å². The van der Waals surface area contributed by atoms with Gasteiger partial charge < -0.3 is 9.47 Å². The van der Waals surface area contributed by atoms with Crippen molar-refractivity contribution in [1.82, 2.24) is 14.8 Å². The largest absolute Gasteiger partial charge is 0.315 e. The minimum absolute atomic E-state index is 0.0260. The number of hydrogen-bond donors (Lipinski definition) is 0. The highest BCUT2D eigenvalue weighted by molar-refractivity contribution is 7.99. The Hall–Kier alpha value is -2.15. The molecule has 0 aliphatic carbocycles. The van der Waals surface area contributed by atoms with Gasteiger partial charge in [-0.2, -0.15) is 0 Å². The normalized spacial score (nSPS) is 13.7. The molecule has 0 atom stereocenters. The Labute approximate surface area is 138 Å². The number of rotatable bonds is 5. The summed E-state index contributed by atoms with van der Waals surface area (Å²) in [6.45, 7) is 4.09. The van der Waals surface area contributed by atoms with E-state index in [1.807, 2.05) is 30.5 Å². The molecule has 7 heteroatoms. The molecule has 23 heavy (non-hydrogen) atoms. The van der Waals surface area contributed by atoms with Crippen LogP contribution in [0.1, 0.15) is 35.8 Å². The quantitative estimate of drug-likeness (QED) is 0.622. The first-order valence-corrected chi connectivity index (χ1v) is 8.41. The number of carbonyl (C=O) groups excluding carboxylic acids is 2. The van der Waals surface area contributed by atoms with Gasteiger partial charge in [0, 0.05) is 24.3 Å². The Kier molecular flexibility index (Phi) is 4.21. The summed E-state index contributed by atoms with van der Waals surface area (Å²) in [5.41, 5.74) is 2.44. The maximum atomic E-state index is 12.4. The predicted octanol–water partition coefficient (Wildman–Crippen LogP) is 2.35. The number of carbonyl (C=O) groups is 2. The number of likely N-dealkylation sites (N-methyl/N-ethyl adjacent to an activating group) is 1. The molecule has 120 valence electrons. The van der Waals surface area contributed by atoms with Crippen molar-refractivity contribution in [2.45, 2.75) is 31.5 Å². The molecule has 0 N–H and O–H groups in total. The number of fused-ring (bicyclic) bond motifs is 1. The van der Waals surface area contributed by atoms with Gasteiger partial charge in [-0.3, -0.25) is 9.59 Å². The molecule has 0 unspecified atom stereocenters. The highest BCUT2D eigenvalue weighted by Gasteiger charge is 2.24. The van der Waals surface area contributed by atoms with E-state index in [9.17, 15) is 9.59 Å². The zero-order chi connectivity index (χ0) is 16.6. The molecule has 1 aromatic heterocycles. The minimum Gasteiger partial charge on any atom is -0.315 e. The van der Waals surface area contributed by atoms with Crippen LogP contribution in [0.15, 0.2) is 29.7 Å². The number of aromatic nitrogens is 3. The average Bonchev–Trinajstić information content (AvgIpc) is 3.10. The molecule has 0 fully saturated rings. The van der Waals surface area contributed by atoms with E-state index >= 15 is 0 Å². The van der Waals surface area contributed by atoms with Crippen molar-refractivity contribution in [3.8, 4) is 0 Å². The maximum absolute atomic E-state index is 12.4. The van der Waals surface area contributed by atoms with Crippen LogP contribution in [-0.4, -0.2) is 39.3 Å². The van der Waals surface area contributed by atoms with Gasteiger partial charge in [-0.05, 0) is 37.6 Å². The summed E-state index contributed by atoms with van der Waals surface area (Å²) < 4.78 is 1.94. The lowest BCUT2D eigenvalue weighted by molar-refractivity contribution is -0.117. The van der Waals surface area contributed by atoms with Gasteiger partial charge in [0.2, 0.25) is 5.91 Å². The number of nitrogens with zero attached hydrogens (tertiary/aromatic N) is 4. The molecule has 2 heterocycles. The third-order valence-electron chi connectivity index (χ3n) is 3.91. The lowest BCUT2D eigenvalue weighted by atomic mass is 10.1. The lowest BCUT2D eigenvalue weighted by Crippen LogP contribution is -2.20. The summed E-state index contributed by atoms with van der Waals surface area (Å²) in [7, 11) is 1.75. The Balaban J connectivity index is 1.71. The second-order valence-corrected chi connectivity index (χ2v) is 6.74. The van der Waals surface area contributed by atoms with E-state index in [4.69, 9.17) is 0 Å². The molecule has 0 radical (unpaired) electrons. The van der Waals surface area contributed by atoms with Gasteiger partial charge in [-0.1, -0.05) is 11.8 Å². The van der Waals surface area contributed by atoms with E-state index < -0.39 is 0 Å². The van der Waals surface area contributed by atoms with Crippen LogP contribution in [0.3, 0.4) is 0 Å². The van der Waals surface area contributed by atoms with Gasteiger partial charge in [0.05, 0.1) is 12.2 Å². The summed E-state index contributed by atoms with van der Waals surface area (Å²) in [6, 6.07) is 5.70. The van der Waals surface area contributed by atoms with Crippen molar-refractivity contribution in [3.63, 3.8) is 0 Å². The number of ketones is 1. The summed E-state index contributed by atoms with van der Waals surface area (Å²) in [4.78, 5) is 25.7. The van der Waals surface area contributed by atoms with Crippen molar-refractivity contribution in [1.29, 1.82) is 0 Å². The van der Waals surface area contributed by atoms with Crippen LogP contribution < -0.4 is 4.90 Å². The van der Waals surface area contributed by atoms with Crippen molar-refractivity contribution < 1.29 is 9.59 Å². The molecular formula is C16H18N4O2S. The Morgan fingerprint density at radius 1 is 1.39 bits per heavy atom. The number of thioether (sulfide) groups is 1. The standard InChI is InChI=1S/C16H18N4O2S/c1-10(2)20-9-17-18-16(20)23-8-14(21)11-4-5-13-12(6-11)7-15(22)19(13)3/h4-6,9-10H,7-8H2,1-3H3. The van der Waals surface area contributed by atoms with E-state index in [-0.39, 0.29) is 17.7 Å². The van der Waals surface area contributed by atoms with Crippen LogP contribution in [0, 0.1) is 0 Å². The fraction of sp³-hybridized carbons (Fsp3) is 0.375. The zero-order valence-corrected chi connectivity index (χ0v) is 14.1. The van der Waals surface area contributed by atoms with Gasteiger partial charge in [0.1, 0.15) is 6.33 Å². The highest BCUT2D eigenvalue weighted by atomic mass is 32.2. The third-order valence-corrected chi connectivity index (χ3v) is 4.86. The maximum Gasteiger partial charge on any atom is 0.231 e. The van der Waals surface area contributed by atoms with Gasteiger partial charge in [0.15, 0.2) is 10.9 Å². The third kappa shape index (κ3) is 3.01. The first-order valence-electron chi connectivity index (χ1n) is 7.42. The number of anilines is 1. The number of benzene rings is 1. The van der Waals surface area contributed by atoms with Gasteiger partial charge in [-0.25, -0.2) is 0 Å². The molecular weight excluding hydrogens is 312 g/mol. The molecule has 0 bridgehead atoms. The Bertz CT molecular complexity index is 769. The first kappa shape index (κ1) is 15.7. The Morgan fingerprint density at radius 3 is 2.91 bits per heavy atom. The zero-order valence-electron chi connectivity index (χ0n) is 13.3. The van der Waals surface area contributed by atoms with Crippen molar-refractivity contribution >= 4 is 29.1 Å². The predicted molar refractivity (Wildman–Crippen MR) is 89.0 cm³/mol. The smallest absolute Gasteiger partial charge is 0.231 e. The minimum atomic E-state index is 0.0260.